The van der Waals surface area contributed by atoms with Crippen molar-refractivity contribution in [2.24, 2.45) is 5.92 Å². The maximum absolute atomic E-state index is 13.8. The van der Waals surface area contributed by atoms with Gasteiger partial charge in [-0.25, -0.2) is 4.39 Å². The van der Waals surface area contributed by atoms with E-state index in [1.807, 2.05) is 12.1 Å². The monoisotopic (exact) mass is 297 g/mol. The predicted molar refractivity (Wildman–Crippen MR) is 84.1 cm³/mol. The fourth-order valence-corrected chi connectivity index (χ4v) is 2.23. The van der Waals surface area contributed by atoms with Gasteiger partial charge in [0.15, 0.2) is 0 Å². The highest BCUT2D eigenvalue weighted by Gasteiger charge is 2.12. The van der Waals surface area contributed by atoms with Gasteiger partial charge in [0.1, 0.15) is 5.82 Å². The lowest BCUT2D eigenvalue weighted by atomic mass is 9.96. The summed E-state index contributed by atoms with van der Waals surface area (Å²) in [5.41, 5.74) is 0.790. The van der Waals surface area contributed by atoms with Crippen molar-refractivity contribution in [3.63, 3.8) is 0 Å². The van der Waals surface area contributed by atoms with Gasteiger partial charge in [0, 0.05) is 13.7 Å². The fourth-order valence-electron chi connectivity index (χ4n) is 2.23. The van der Waals surface area contributed by atoms with E-state index in [2.05, 4.69) is 12.2 Å². The quantitative estimate of drug-likeness (QED) is 0.602. The molecule has 3 nitrogen and oxygen atoms in total. The van der Waals surface area contributed by atoms with Crippen LogP contribution in [0.4, 0.5) is 4.39 Å². The summed E-state index contributed by atoms with van der Waals surface area (Å²) >= 11 is 0. The molecule has 0 spiro atoms. The molecule has 120 valence electrons. The molecule has 1 rings (SSSR count). The van der Waals surface area contributed by atoms with E-state index in [4.69, 9.17) is 9.47 Å². The molecule has 0 amide bonds. The van der Waals surface area contributed by atoms with E-state index in [-0.39, 0.29) is 5.82 Å². The zero-order valence-corrected chi connectivity index (χ0v) is 13.2. The maximum atomic E-state index is 13.8. The van der Waals surface area contributed by atoms with Crippen LogP contribution in [0.1, 0.15) is 25.3 Å². The fraction of sp³-hybridized carbons (Fsp3) is 0.647. The van der Waals surface area contributed by atoms with Crippen LogP contribution in [0.5, 0.6) is 0 Å². The highest BCUT2D eigenvalue weighted by molar-refractivity contribution is 5.17. The molecule has 1 aromatic carbocycles. The SMILES string of the molecule is CCCNCC(CCOCCOC)Cc1ccccc1F. The summed E-state index contributed by atoms with van der Waals surface area (Å²) in [4.78, 5) is 0. The van der Waals surface area contributed by atoms with Crippen LogP contribution in [0.15, 0.2) is 24.3 Å². The molecule has 0 saturated heterocycles. The molecule has 1 atom stereocenters. The predicted octanol–water partition coefficient (Wildman–Crippen LogP) is 3.04. The van der Waals surface area contributed by atoms with Gasteiger partial charge in [0.05, 0.1) is 13.2 Å². The number of hydrogen-bond donors (Lipinski definition) is 1. The van der Waals surface area contributed by atoms with Gasteiger partial charge in [-0.1, -0.05) is 25.1 Å². The minimum atomic E-state index is -0.113. The van der Waals surface area contributed by atoms with Crippen LogP contribution in [0.2, 0.25) is 0 Å². The Morgan fingerprint density at radius 1 is 1.19 bits per heavy atom. The van der Waals surface area contributed by atoms with Crippen LogP contribution < -0.4 is 5.32 Å². The molecule has 0 aliphatic rings. The molecular weight excluding hydrogens is 269 g/mol. The Hall–Kier alpha value is -0.970. The Morgan fingerprint density at radius 3 is 2.71 bits per heavy atom. The van der Waals surface area contributed by atoms with E-state index in [1.54, 1.807) is 13.2 Å². The second-order valence-electron chi connectivity index (χ2n) is 5.26. The lowest BCUT2D eigenvalue weighted by Crippen LogP contribution is -2.26. The lowest BCUT2D eigenvalue weighted by molar-refractivity contribution is 0.0636. The Morgan fingerprint density at radius 2 is 2.00 bits per heavy atom. The zero-order valence-electron chi connectivity index (χ0n) is 13.2. The molecule has 0 bridgehead atoms. The Balaban J connectivity index is 2.41. The topological polar surface area (TPSA) is 30.5 Å². The summed E-state index contributed by atoms with van der Waals surface area (Å²) < 4.78 is 24.2. The van der Waals surface area contributed by atoms with Crippen molar-refractivity contribution in [3.8, 4) is 0 Å². The summed E-state index contributed by atoms with van der Waals surface area (Å²) in [7, 11) is 1.67. The second kappa shape index (κ2) is 11.7. The average molecular weight is 297 g/mol. The smallest absolute Gasteiger partial charge is 0.126 e. The average Bonchev–Trinajstić information content (AvgIpc) is 2.49. The van der Waals surface area contributed by atoms with Crippen molar-refractivity contribution in [1.82, 2.24) is 5.32 Å². The van der Waals surface area contributed by atoms with Gasteiger partial charge in [-0.15, -0.1) is 0 Å². The van der Waals surface area contributed by atoms with E-state index in [1.165, 1.54) is 6.07 Å². The second-order valence-corrected chi connectivity index (χ2v) is 5.26. The van der Waals surface area contributed by atoms with E-state index >= 15 is 0 Å². The Kier molecular flexibility index (Phi) is 10.0. The molecule has 1 aromatic rings. The number of halogens is 1. The van der Waals surface area contributed by atoms with Crippen molar-refractivity contribution in [2.45, 2.75) is 26.2 Å². The van der Waals surface area contributed by atoms with E-state index < -0.39 is 0 Å². The first-order valence-electron chi connectivity index (χ1n) is 7.78. The number of rotatable bonds is 12. The maximum Gasteiger partial charge on any atom is 0.126 e. The summed E-state index contributed by atoms with van der Waals surface area (Å²) in [5, 5.41) is 3.42. The van der Waals surface area contributed by atoms with Crippen molar-refractivity contribution in [2.75, 3.05) is 40.0 Å². The van der Waals surface area contributed by atoms with Gasteiger partial charge in [0.2, 0.25) is 0 Å². The van der Waals surface area contributed by atoms with Crippen molar-refractivity contribution >= 4 is 0 Å². The standard InChI is InChI=1S/C17H28FNO2/c1-3-9-19-14-15(8-10-21-12-11-20-2)13-16-6-4-5-7-17(16)18/h4-7,15,19H,3,8-14H2,1-2H3. The number of methoxy groups -OCH3 is 1. The molecule has 0 radical (unpaired) electrons. The number of ether oxygens (including phenoxy) is 2. The molecule has 21 heavy (non-hydrogen) atoms. The van der Waals surface area contributed by atoms with Crippen LogP contribution in [0, 0.1) is 11.7 Å². The van der Waals surface area contributed by atoms with Crippen LogP contribution in [0.3, 0.4) is 0 Å². The summed E-state index contributed by atoms with van der Waals surface area (Å²) in [6.07, 6.45) is 2.78. The van der Waals surface area contributed by atoms with Gasteiger partial charge in [-0.05, 0) is 49.9 Å². The summed E-state index contributed by atoms with van der Waals surface area (Å²) in [6, 6.07) is 7.02. The van der Waals surface area contributed by atoms with Gasteiger partial charge in [-0.2, -0.15) is 0 Å². The van der Waals surface area contributed by atoms with E-state index in [0.29, 0.717) is 25.7 Å². The van der Waals surface area contributed by atoms with Gasteiger partial charge in [0.25, 0.3) is 0 Å². The minimum Gasteiger partial charge on any atom is -0.382 e. The number of hydrogen-bond acceptors (Lipinski definition) is 3. The summed E-state index contributed by atoms with van der Waals surface area (Å²) in [6.45, 7) is 5.97. The molecular formula is C17H28FNO2. The van der Waals surface area contributed by atoms with E-state index in [9.17, 15) is 4.39 Å². The molecule has 0 aromatic heterocycles. The van der Waals surface area contributed by atoms with Crippen LogP contribution >= 0.6 is 0 Å². The number of benzene rings is 1. The first-order valence-corrected chi connectivity index (χ1v) is 7.78. The van der Waals surface area contributed by atoms with Crippen molar-refractivity contribution in [3.05, 3.63) is 35.6 Å². The first-order chi connectivity index (χ1) is 10.3. The molecule has 0 heterocycles. The normalized spacial score (nSPS) is 12.5. The Labute approximate surface area is 127 Å². The van der Waals surface area contributed by atoms with Crippen LogP contribution in [-0.2, 0) is 15.9 Å². The first kappa shape index (κ1) is 18.1. The molecule has 0 aliphatic heterocycles. The molecule has 1 N–H and O–H groups in total. The molecule has 0 aliphatic carbocycles. The van der Waals surface area contributed by atoms with Crippen LogP contribution in [-0.4, -0.2) is 40.0 Å². The van der Waals surface area contributed by atoms with Crippen molar-refractivity contribution in [1.29, 1.82) is 0 Å². The summed E-state index contributed by atoms with van der Waals surface area (Å²) in [5.74, 6) is 0.272. The third-order valence-corrected chi connectivity index (χ3v) is 3.43. The highest BCUT2D eigenvalue weighted by Crippen LogP contribution is 2.15. The van der Waals surface area contributed by atoms with Crippen LogP contribution in [0.25, 0.3) is 0 Å². The Bertz CT molecular complexity index is 374. The van der Waals surface area contributed by atoms with Gasteiger partial charge in [-0.3, -0.25) is 0 Å². The zero-order chi connectivity index (χ0) is 15.3. The largest absolute Gasteiger partial charge is 0.382 e. The molecule has 0 fully saturated rings. The third kappa shape index (κ3) is 8.15. The third-order valence-electron chi connectivity index (χ3n) is 3.43. The van der Waals surface area contributed by atoms with Gasteiger partial charge >= 0.3 is 0 Å². The molecule has 0 saturated carbocycles. The molecule has 1 unspecified atom stereocenters. The molecule has 4 heteroatoms. The van der Waals surface area contributed by atoms with E-state index in [0.717, 1.165) is 37.9 Å². The van der Waals surface area contributed by atoms with Crippen molar-refractivity contribution < 1.29 is 13.9 Å². The highest BCUT2D eigenvalue weighted by atomic mass is 19.1. The minimum absolute atomic E-state index is 0.113. The van der Waals surface area contributed by atoms with Gasteiger partial charge < -0.3 is 14.8 Å². The lowest BCUT2D eigenvalue weighted by Gasteiger charge is -2.18. The number of nitrogens with one attached hydrogen (secondary N) is 1.